The fourth-order valence-corrected chi connectivity index (χ4v) is 3.41. The van der Waals surface area contributed by atoms with E-state index in [1.165, 1.54) is 19.3 Å². The smallest absolute Gasteiger partial charge is 0.411 e. The van der Waals surface area contributed by atoms with Crippen LogP contribution in [0.5, 0.6) is 5.75 Å². The quantitative estimate of drug-likeness (QED) is 0.533. The third kappa shape index (κ3) is 5.00. The number of carbonyl (C=O) groups is 1. The van der Waals surface area contributed by atoms with Crippen LogP contribution >= 0.6 is 0 Å². The molecule has 3 rings (SSSR count). The fraction of sp³-hybridized carbons (Fsp3) is 0.522. The number of hydrogen-bond donors (Lipinski definition) is 0. The number of ether oxygens (including phenoxy) is 3. The second kappa shape index (κ2) is 10.1. The monoisotopic (exact) mass is 381 g/mol. The summed E-state index contributed by atoms with van der Waals surface area (Å²) < 4.78 is 16.5. The molecule has 0 bridgehead atoms. The molecule has 0 spiro atoms. The molecule has 0 aliphatic carbocycles. The van der Waals surface area contributed by atoms with Gasteiger partial charge in [-0.3, -0.25) is 4.90 Å². The number of fused-ring (bicyclic) bond motifs is 1. The topological polar surface area (TPSA) is 48.0 Å². The van der Waals surface area contributed by atoms with Gasteiger partial charge in [0.25, 0.3) is 0 Å². The van der Waals surface area contributed by atoms with Gasteiger partial charge in [-0.2, -0.15) is 0 Å². The first-order valence-corrected chi connectivity index (χ1v) is 9.93. The highest BCUT2D eigenvalue weighted by atomic mass is 16.6. The molecule has 1 aromatic carbocycles. The average Bonchev–Trinajstić information content (AvgIpc) is 3.24. The second-order valence-corrected chi connectivity index (χ2v) is 7.03. The molecule has 0 aromatic heterocycles. The zero-order valence-electron chi connectivity index (χ0n) is 16.6. The lowest BCUT2D eigenvalue weighted by molar-refractivity contribution is 0.0583. The molecule has 5 heteroatoms. The highest BCUT2D eigenvalue weighted by Crippen LogP contribution is 2.31. The Balaban J connectivity index is 1.53. The summed E-state index contributed by atoms with van der Waals surface area (Å²) in [4.78, 5) is 14.0. The van der Waals surface area contributed by atoms with E-state index >= 15 is 0 Å². The molecule has 2 saturated heterocycles. The maximum atomic E-state index is 12.3. The van der Waals surface area contributed by atoms with Gasteiger partial charge in [0.15, 0.2) is 12.2 Å². The Hall–Kier alpha value is -2.63. The fourth-order valence-electron chi connectivity index (χ4n) is 3.41. The predicted octanol–water partition coefficient (Wildman–Crippen LogP) is 3.76. The van der Waals surface area contributed by atoms with Crippen LogP contribution in [0.15, 0.2) is 24.3 Å². The summed E-state index contributed by atoms with van der Waals surface area (Å²) in [6, 6.07) is 7.55. The number of amides is 1. The highest BCUT2D eigenvalue weighted by Gasteiger charge is 2.50. The van der Waals surface area contributed by atoms with Crippen molar-refractivity contribution < 1.29 is 19.0 Å². The Bertz CT molecular complexity index is 781. The minimum absolute atomic E-state index is 0.115. The maximum Gasteiger partial charge on any atom is 0.411 e. The number of hydrogen-bond acceptors (Lipinski definition) is 4. The number of unbranched alkanes of at least 4 members (excludes halogenated alkanes) is 4. The molecule has 0 unspecified atom stereocenters. The van der Waals surface area contributed by atoms with Crippen molar-refractivity contribution in [3.63, 3.8) is 0 Å². The van der Waals surface area contributed by atoms with Gasteiger partial charge in [0.2, 0.25) is 0 Å². The second-order valence-electron chi connectivity index (χ2n) is 7.03. The number of benzene rings is 1. The SMILES string of the molecule is CCCCCCC#CC#C[C@@H]1OC[C@H]2[C@@H]1OC(=O)N2Cc1ccc(OC)cc1. The van der Waals surface area contributed by atoms with Gasteiger partial charge in [-0.05, 0) is 36.0 Å². The van der Waals surface area contributed by atoms with Crippen LogP contribution in [0.1, 0.15) is 44.6 Å². The average molecular weight is 381 g/mol. The highest BCUT2D eigenvalue weighted by molar-refractivity contribution is 5.71. The van der Waals surface area contributed by atoms with Gasteiger partial charge in [-0.25, -0.2) is 4.79 Å². The normalized spacial score (nSPS) is 22.6. The van der Waals surface area contributed by atoms with Crippen LogP contribution in [0, 0.1) is 23.7 Å². The van der Waals surface area contributed by atoms with Crippen molar-refractivity contribution in [1.82, 2.24) is 4.90 Å². The lowest BCUT2D eigenvalue weighted by Crippen LogP contribution is -2.36. The molecular weight excluding hydrogens is 354 g/mol. The van der Waals surface area contributed by atoms with Crippen molar-refractivity contribution in [3.8, 4) is 29.4 Å². The van der Waals surface area contributed by atoms with E-state index in [0.717, 1.165) is 24.2 Å². The largest absolute Gasteiger partial charge is 0.497 e. The Kier molecular flexibility index (Phi) is 7.23. The maximum absolute atomic E-state index is 12.3. The van der Waals surface area contributed by atoms with Crippen molar-refractivity contribution in [2.24, 2.45) is 0 Å². The van der Waals surface area contributed by atoms with Crippen LogP contribution in [0.2, 0.25) is 0 Å². The summed E-state index contributed by atoms with van der Waals surface area (Å²) in [7, 11) is 1.63. The molecule has 3 atom stereocenters. The summed E-state index contributed by atoms with van der Waals surface area (Å²) in [5.74, 6) is 12.6. The van der Waals surface area contributed by atoms with Gasteiger partial charge in [0.1, 0.15) is 5.75 Å². The van der Waals surface area contributed by atoms with E-state index in [0.29, 0.717) is 13.2 Å². The van der Waals surface area contributed by atoms with E-state index < -0.39 is 6.10 Å². The molecule has 28 heavy (non-hydrogen) atoms. The number of carbonyl (C=O) groups excluding carboxylic acids is 1. The summed E-state index contributed by atoms with van der Waals surface area (Å²) in [5, 5.41) is 0. The molecule has 1 aromatic rings. The zero-order chi connectivity index (χ0) is 19.8. The van der Waals surface area contributed by atoms with Gasteiger partial charge in [0, 0.05) is 13.0 Å². The van der Waals surface area contributed by atoms with Gasteiger partial charge < -0.3 is 14.2 Å². The lowest BCUT2D eigenvalue weighted by Gasteiger charge is -2.19. The van der Waals surface area contributed by atoms with Crippen LogP contribution in [0.3, 0.4) is 0 Å². The first kappa shape index (κ1) is 20.1. The summed E-state index contributed by atoms with van der Waals surface area (Å²) in [6.45, 7) is 3.10. The molecule has 0 N–H and O–H groups in total. The Labute approximate surface area is 167 Å². The minimum Gasteiger partial charge on any atom is -0.497 e. The van der Waals surface area contributed by atoms with E-state index in [4.69, 9.17) is 14.2 Å². The van der Waals surface area contributed by atoms with E-state index in [1.807, 2.05) is 24.3 Å². The molecular formula is C23H27NO4. The van der Waals surface area contributed by atoms with Crippen molar-refractivity contribution in [2.45, 2.75) is 63.8 Å². The van der Waals surface area contributed by atoms with E-state index in [1.54, 1.807) is 12.0 Å². The molecule has 0 saturated carbocycles. The number of rotatable bonds is 7. The first-order chi connectivity index (χ1) is 13.7. The predicted molar refractivity (Wildman–Crippen MR) is 107 cm³/mol. The molecule has 2 heterocycles. The van der Waals surface area contributed by atoms with E-state index in [-0.39, 0.29) is 18.2 Å². The number of methoxy groups -OCH3 is 1. The molecule has 2 aliphatic rings. The van der Waals surface area contributed by atoms with Gasteiger partial charge in [0.05, 0.1) is 19.8 Å². The third-order valence-corrected chi connectivity index (χ3v) is 5.03. The minimum atomic E-state index is -0.413. The van der Waals surface area contributed by atoms with Crippen LogP contribution in [0.4, 0.5) is 4.79 Å². The summed E-state index contributed by atoms with van der Waals surface area (Å²) >= 11 is 0. The third-order valence-electron chi connectivity index (χ3n) is 5.03. The Morgan fingerprint density at radius 2 is 2.00 bits per heavy atom. The lowest BCUT2D eigenvalue weighted by atomic mass is 10.1. The molecule has 0 radical (unpaired) electrons. The van der Waals surface area contributed by atoms with E-state index in [9.17, 15) is 4.79 Å². The van der Waals surface area contributed by atoms with E-state index in [2.05, 4.69) is 30.6 Å². The van der Waals surface area contributed by atoms with Crippen LogP contribution < -0.4 is 4.74 Å². The van der Waals surface area contributed by atoms with Crippen LogP contribution in [0.25, 0.3) is 0 Å². The molecule has 2 aliphatic heterocycles. The molecule has 2 fully saturated rings. The number of nitrogens with zero attached hydrogens (tertiary/aromatic N) is 1. The van der Waals surface area contributed by atoms with Crippen LogP contribution in [-0.4, -0.2) is 43.0 Å². The van der Waals surface area contributed by atoms with Crippen molar-refractivity contribution >= 4 is 6.09 Å². The van der Waals surface area contributed by atoms with Gasteiger partial charge in [-0.15, -0.1) is 0 Å². The zero-order valence-corrected chi connectivity index (χ0v) is 16.6. The summed E-state index contributed by atoms with van der Waals surface area (Å²) in [6.07, 6.45) is 4.60. The Morgan fingerprint density at radius 1 is 1.18 bits per heavy atom. The first-order valence-electron chi connectivity index (χ1n) is 9.93. The van der Waals surface area contributed by atoms with Crippen molar-refractivity contribution in [1.29, 1.82) is 0 Å². The molecule has 1 amide bonds. The molecule has 5 nitrogen and oxygen atoms in total. The van der Waals surface area contributed by atoms with Crippen molar-refractivity contribution in [2.75, 3.05) is 13.7 Å². The Morgan fingerprint density at radius 3 is 2.75 bits per heavy atom. The van der Waals surface area contributed by atoms with Gasteiger partial charge in [-0.1, -0.05) is 50.2 Å². The molecule has 148 valence electrons. The van der Waals surface area contributed by atoms with Crippen LogP contribution in [-0.2, 0) is 16.0 Å². The van der Waals surface area contributed by atoms with Gasteiger partial charge >= 0.3 is 6.09 Å². The summed E-state index contributed by atoms with van der Waals surface area (Å²) in [5.41, 5.74) is 1.02. The standard InChI is InChI=1S/C23H27NO4/c1-3-4-5-6-7-8-9-10-11-21-22-20(17-27-21)24(23(25)28-22)16-18-12-14-19(26-2)15-13-18/h12-15,20-22H,3-7,16-17H2,1-2H3/t20-,21-,22-/m0/s1. The van der Waals surface area contributed by atoms with Crippen molar-refractivity contribution in [3.05, 3.63) is 29.8 Å².